The highest BCUT2D eigenvalue weighted by Crippen LogP contribution is 2.58. The van der Waals surface area contributed by atoms with Crippen molar-refractivity contribution in [2.24, 2.45) is 5.92 Å². The molecule has 1 amide bonds. The maximum atomic E-state index is 13.7. The van der Waals surface area contributed by atoms with E-state index in [1.807, 2.05) is 6.07 Å². The Bertz CT molecular complexity index is 794. The number of halogens is 1. The predicted octanol–water partition coefficient (Wildman–Crippen LogP) is 4.04. The van der Waals surface area contributed by atoms with Crippen LogP contribution in [0.1, 0.15) is 56.6 Å². The molecule has 152 valence electrons. The second-order valence-corrected chi connectivity index (χ2v) is 9.23. The molecule has 1 aromatic rings. The van der Waals surface area contributed by atoms with Crippen LogP contribution in [0.3, 0.4) is 0 Å². The molecule has 0 aromatic heterocycles. The van der Waals surface area contributed by atoms with E-state index in [9.17, 15) is 4.79 Å². The molecule has 3 atom stereocenters. The third-order valence-corrected chi connectivity index (χ3v) is 7.89. The van der Waals surface area contributed by atoms with E-state index in [4.69, 9.17) is 21.1 Å². The molecule has 1 saturated carbocycles. The van der Waals surface area contributed by atoms with Crippen LogP contribution in [-0.2, 0) is 4.79 Å². The number of carbonyl (C=O) groups excluding carboxylic acids is 1. The topological polar surface area (TPSA) is 42.0 Å². The third-order valence-electron chi connectivity index (χ3n) is 7.67. The Labute approximate surface area is 171 Å². The summed E-state index contributed by atoms with van der Waals surface area (Å²) >= 11 is 6.41. The van der Waals surface area contributed by atoms with Gasteiger partial charge in [-0.1, -0.05) is 24.4 Å². The van der Waals surface area contributed by atoms with Gasteiger partial charge in [0, 0.05) is 41.2 Å². The fourth-order valence-corrected chi connectivity index (χ4v) is 6.77. The molecule has 1 spiro atoms. The van der Waals surface area contributed by atoms with E-state index in [0.717, 1.165) is 43.7 Å². The van der Waals surface area contributed by atoms with Crippen molar-refractivity contribution in [1.82, 2.24) is 9.80 Å². The van der Waals surface area contributed by atoms with Crippen LogP contribution in [-0.4, -0.2) is 54.6 Å². The van der Waals surface area contributed by atoms with Crippen LogP contribution in [0.5, 0.6) is 11.5 Å². The summed E-state index contributed by atoms with van der Waals surface area (Å²) in [6.45, 7) is 1.87. The number of benzene rings is 1. The molecule has 3 heterocycles. The Morgan fingerprint density at radius 1 is 1.14 bits per heavy atom. The normalized spacial score (nSPS) is 32.8. The van der Waals surface area contributed by atoms with E-state index in [1.165, 1.54) is 25.7 Å². The molecule has 1 aromatic carbocycles. The van der Waals surface area contributed by atoms with E-state index in [1.54, 1.807) is 20.3 Å². The lowest BCUT2D eigenvalue weighted by Gasteiger charge is -2.35. The Kier molecular flexibility index (Phi) is 4.51. The second kappa shape index (κ2) is 6.81. The number of carbonyl (C=O) groups is 1. The Morgan fingerprint density at radius 2 is 1.93 bits per heavy atom. The molecule has 0 N–H and O–H groups in total. The van der Waals surface area contributed by atoms with Gasteiger partial charge in [-0.05, 0) is 44.7 Å². The first kappa shape index (κ1) is 18.6. The zero-order chi connectivity index (χ0) is 19.5. The van der Waals surface area contributed by atoms with Crippen molar-refractivity contribution in [3.63, 3.8) is 0 Å². The number of nitrogens with zero attached hydrogens (tertiary/aromatic N) is 2. The third kappa shape index (κ3) is 2.45. The second-order valence-electron chi connectivity index (χ2n) is 8.80. The van der Waals surface area contributed by atoms with Gasteiger partial charge in [-0.2, -0.15) is 0 Å². The Morgan fingerprint density at radius 3 is 2.64 bits per heavy atom. The van der Waals surface area contributed by atoms with E-state index in [2.05, 4.69) is 9.80 Å². The molecular formula is C22H29ClN2O3. The minimum atomic E-state index is -0.312. The minimum absolute atomic E-state index is 0.157. The maximum absolute atomic E-state index is 13.7. The van der Waals surface area contributed by atoms with Gasteiger partial charge >= 0.3 is 0 Å². The van der Waals surface area contributed by atoms with Gasteiger partial charge in [0.05, 0.1) is 14.2 Å². The molecule has 28 heavy (non-hydrogen) atoms. The molecule has 5 nitrogen and oxygen atoms in total. The molecule has 0 unspecified atom stereocenters. The highest BCUT2D eigenvalue weighted by Gasteiger charge is 2.66. The minimum Gasteiger partial charge on any atom is -0.493 e. The number of methoxy groups -OCH3 is 2. The van der Waals surface area contributed by atoms with Crippen molar-refractivity contribution in [2.45, 2.75) is 62.6 Å². The van der Waals surface area contributed by atoms with E-state index in [-0.39, 0.29) is 11.6 Å². The number of ether oxygens (including phenoxy) is 2. The highest BCUT2D eigenvalue weighted by molar-refractivity contribution is 6.30. The van der Waals surface area contributed by atoms with Crippen molar-refractivity contribution in [3.05, 3.63) is 22.7 Å². The number of rotatable bonds is 4. The van der Waals surface area contributed by atoms with Gasteiger partial charge in [-0.15, -0.1) is 0 Å². The lowest BCUT2D eigenvalue weighted by atomic mass is 9.85. The van der Waals surface area contributed by atoms with E-state index in [0.29, 0.717) is 28.6 Å². The van der Waals surface area contributed by atoms with Crippen molar-refractivity contribution < 1.29 is 14.3 Å². The van der Waals surface area contributed by atoms with Crippen LogP contribution in [0.2, 0.25) is 5.02 Å². The van der Waals surface area contributed by atoms with Crippen LogP contribution < -0.4 is 9.47 Å². The molecule has 3 saturated heterocycles. The summed E-state index contributed by atoms with van der Waals surface area (Å²) in [6, 6.07) is 4.42. The molecule has 4 fully saturated rings. The van der Waals surface area contributed by atoms with Gasteiger partial charge in [-0.3, -0.25) is 9.69 Å². The Balaban J connectivity index is 1.52. The number of likely N-dealkylation sites (tertiary alicyclic amines) is 1. The SMILES string of the molecule is COc1cc(Cl)cc([C@@H]2C[C@H]3CN(C4CCCC4)C(=O)[C@]34CCCN24)c1OC. The van der Waals surface area contributed by atoms with Crippen molar-refractivity contribution in [2.75, 3.05) is 27.3 Å². The average molecular weight is 405 g/mol. The van der Waals surface area contributed by atoms with Gasteiger partial charge in [0.2, 0.25) is 5.91 Å². The summed E-state index contributed by atoms with van der Waals surface area (Å²) in [5.41, 5.74) is 0.746. The molecular weight excluding hydrogens is 376 g/mol. The maximum Gasteiger partial charge on any atom is 0.243 e. The van der Waals surface area contributed by atoms with Crippen molar-refractivity contribution in [1.29, 1.82) is 0 Å². The standard InChI is InChI=1S/C22H29ClN2O3/c1-27-19-12-15(23)11-17(20(19)28-2)18-10-14-13-24(16-6-3-4-7-16)21(26)22(14)8-5-9-25(18)22/h11-12,14,16,18H,3-10,13H2,1-2H3/t14-,18-,22-/m0/s1. The number of amides is 1. The molecule has 1 aliphatic carbocycles. The Hall–Kier alpha value is -1.46. The van der Waals surface area contributed by atoms with Gasteiger partial charge < -0.3 is 14.4 Å². The molecule has 0 bridgehead atoms. The monoisotopic (exact) mass is 404 g/mol. The zero-order valence-corrected chi connectivity index (χ0v) is 17.5. The lowest BCUT2D eigenvalue weighted by Crippen LogP contribution is -2.51. The van der Waals surface area contributed by atoms with Gasteiger partial charge in [0.15, 0.2) is 11.5 Å². The van der Waals surface area contributed by atoms with Crippen LogP contribution in [0.15, 0.2) is 12.1 Å². The number of hydrogen-bond donors (Lipinski definition) is 0. The largest absolute Gasteiger partial charge is 0.493 e. The molecule has 5 rings (SSSR count). The average Bonchev–Trinajstić information content (AvgIpc) is 3.44. The predicted molar refractivity (Wildman–Crippen MR) is 108 cm³/mol. The van der Waals surface area contributed by atoms with Gasteiger partial charge in [-0.25, -0.2) is 0 Å². The summed E-state index contributed by atoms with van der Waals surface area (Å²) in [7, 11) is 3.32. The first-order valence-corrected chi connectivity index (χ1v) is 11.0. The zero-order valence-electron chi connectivity index (χ0n) is 16.7. The first-order valence-electron chi connectivity index (χ1n) is 10.6. The van der Waals surface area contributed by atoms with Gasteiger partial charge in [0.1, 0.15) is 5.54 Å². The highest BCUT2D eigenvalue weighted by atomic mass is 35.5. The summed E-state index contributed by atoms with van der Waals surface area (Å²) in [5, 5.41) is 0.650. The van der Waals surface area contributed by atoms with Crippen LogP contribution in [0.4, 0.5) is 0 Å². The van der Waals surface area contributed by atoms with Crippen molar-refractivity contribution in [3.8, 4) is 11.5 Å². The number of hydrogen-bond acceptors (Lipinski definition) is 4. The first-order chi connectivity index (χ1) is 13.6. The quantitative estimate of drug-likeness (QED) is 0.759. The summed E-state index contributed by atoms with van der Waals surface area (Å²) < 4.78 is 11.3. The summed E-state index contributed by atoms with van der Waals surface area (Å²) in [5.74, 6) is 2.19. The summed E-state index contributed by atoms with van der Waals surface area (Å²) in [6.07, 6.45) is 7.92. The summed E-state index contributed by atoms with van der Waals surface area (Å²) in [4.78, 5) is 18.4. The van der Waals surface area contributed by atoms with Crippen LogP contribution in [0.25, 0.3) is 0 Å². The fourth-order valence-electron chi connectivity index (χ4n) is 6.56. The smallest absolute Gasteiger partial charge is 0.243 e. The van der Waals surface area contributed by atoms with E-state index < -0.39 is 0 Å². The van der Waals surface area contributed by atoms with Crippen molar-refractivity contribution >= 4 is 17.5 Å². The molecule has 4 aliphatic rings. The molecule has 0 radical (unpaired) electrons. The van der Waals surface area contributed by atoms with Gasteiger partial charge in [0.25, 0.3) is 0 Å². The van der Waals surface area contributed by atoms with E-state index >= 15 is 0 Å². The van der Waals surface area contributed by atoms with Crippen LogP contribution >= 0.6 is 11.6 Å². The molecule has 6 heteroatoms. The van der Waals surface area contributed by atoms with Crippen LogP contribution in [0, 0.1) is 5.92 Å². The lowest BCUT2D eigenvalue weighted by molar-refractivity contribution is -0.138. The molecule has 3 aliphatic heterocycles. The fraction of sp³-hybridized carbons (Fsp3) is 0.682.